The van der Waals surface area contributed by atoms with Crippen molar-refractivity contribution >= 4 is 5.97 Å². The largest absolute Gasteiger partial charge is 0.497 e. The molecule has 0 saturated heterocycles. The van der Waals surface area contributed by atoms with E-state index in [2.05, 4.69) is 37.3 Å². The fourth-order valence-corrected chi connectivity index (χ4v) is 7.35. The summed E-state index contributed by atoms with van der Waals surface area (Å²) in [6, 6.07) is 6.47. The van der Waals surface area contributed by atoms with Crippen molar-refractivity contribution in [1.82, 2.24) is 0 Å². The van der Waals surface area contributed by atoms with Crippen LogP contribution in [0.1, 0.15) is 56.6 Å². The SMILES string of the molecule is COc1ccc2c(c1)CC[C@@H]1[C@@H]2CC[C@@]2(C)[C@]13C=C[C@@]2(OC(C)=O)[C@H](N)C3. The maximum Gasteiger partial charge on any atom is 0.303 e. The Morgan fingerprint density at radius 3 is 2.78 bits per heavy atom. The Balaban J connectivity index is 1.58. The quantitative estimate of drug-likeness (QED) is 0.639. The number of methoxy groups -OCH3 is 1. The van der Waals surface area contributed by atoms with E-state index in [4.69, 9.17) is 15.2 Å². The van der Waals surface area contributed by atoms with Crippen LogP contribution in [0.5, 0.6) is 5.75 Å². The summed E-state index contributed by atoms with van der Waals surface area (Å²) in [4.78, 5) is 11.9. The van der Waals surface area contributed by atoms with Crippen LogP contribution in [0, 0.1) is 16.7 Å². The molecule has 4 heteroatoms. The standard InChI is InChI=1S/C23H29NO3/c1-14(25)27-23-11-10-22(13-20(23)24)19-7-4-15-12-16(26-3)5-6-17(15)18(19)8-9-21(22,23)2/h5-6,10-12,18-20H,4,7-9,13,24H2,1-3H3/t18-,19-,20-,21+,22+,23-/m1/s1. The molecule has 4 aliphatic carbocycles. The highest BCUT2D eigenvalue weighted by Gasteiger charge is 2.75. The van der Waals surface area contributed by atoms with Crippen LogP contribution in [-0.2, 0) is 16.0 Å². The molecule has 0 aromatic heterocycles. The molecule has 2 saturated carbocycles. The van der Waals surface area contributed by atoms with Gasteiger partial charge in [0.1, 0.15) is 5.75 Å². The van der Waals surface area contributed by atoms with Gasteiger partial charge in [-0.15, -0.1) is 0 Å². The van der Waals surface area contributed by atoms with E-state index < -0.39 is 5.60 Å². The lowest BCUT2D eigenvalue weighted by Crippen LogP contribution is -2.57. The molecule has 0 spiro atoms. The first kappa shape index (κ1) is 17.3. The van der Waals surface area contributed by atoms with Gasteiger partial charge in [0, 0.05) is 23.8 Å². The summed E-state index contributed by atoms with van der Waals surface area (Å²) in [5.41, 5.74) is 8.87. The van der Waals surface area contributed by atoms with E-state index in [1.165, 1.54) is 18.1 Å². The molecule has 0 amide bonds. The maximum atomic E-state index is 11.9. The molecule has 0 unspecified atom stereocenters. The Hall–Kier alpha value is -1.81. The molecule has 0 heterocycles. The molecule has 4 nitrogen and oxygen atoms in total. The summed E-state index contributed by atoms with van der Waals surface area (Å²) < 4.78 is 11.4. The Morgan fingerprint density at radius 2 is 2.07 bits per heavy atom. The van der Waals surface area contributed by atoms with Crippen LogP contribution in [-0.4, -0.2) is 24.7 Å². The average molecular weight is 367 g/mol. The van der Waals surface area contributed by atoms with Crippen LogP contribution in [0.25, 0.3) is 0 Å². The number of carbonyl (C=O) groups excluding carboxylic acids is 1. The van der Waals surface area contributed by atoms with Crippen molar-refractivity contribution in [3.63, 3.8) is 0 Å². The van der Waals surface area contributed by atoms with Gasteiger partial charge in [0.05, 0.1) is 7.11 Å². The van der Waals surface area contributed by atoms with Gasteiger partial charge in [-0.2, -0.15) is 0 Å². The van der Waals surface area contributed by atoms with Gasteiger partial charge in [0.25, 0.3) is 0 Å². The van der Waals surface area contributed by atoms with Gasteiger partial charge >= 0.3 is 5.97 Å². The molecular weight excluding hydrogens is 338 g/mol. The number of hydrogen-bond donors (Lipinski definition) is 1. The number of benzene rings is 1. The van der Waals surface area contributed by atoms with Gasteiger partial charge in [-0.05, 0) is 73.3 Å². The predicted molar refractivity (Wildman–Crippen MR) is 104 cm³/mol. The van der Waals surface area contributed by atoms with Gasteiger partial charge in [0.2, 0.25) is 0 Å². The Kier molecular flexibility index (Phi) is 3.44. The van der Waals surface area contributed by atoms with Crippen molar-refractivity contribution in [2.75, 3.05) is 7.11 Å². The van der Waals surface area contributed by atoms with Gasteiger partial charge in [-0.3, -0.25) is 4.79 Å². The first-order valence-corrected chi connectivity index (χ1v) is 10.2. The molecule has 2 N–H and O–H groups in total. The van der Waals surface area contributed by atoms with E-state index in [1.807, 2.05) is 0 Å². The first-order valence-electron chi connectivity index (χ1n) is 10.2. The molecule has 0 aliphatic heterocycles. The number of nitrogens with two attached hydrogens (primary N) is 1. The van der Waals surface area contributed by atoms with E-state index in [1.54, 1.807) is 7.11 Å². The minimum Gasteiger partial charge on any atom is -0.497 e. The fourth-order valence-electron chi connectivity index (χ4n) is 7.35. The molecule has 2 bridgehead atoms. The van der Waals surface area contributed by atoms with Gasteiger partial charge in [0.15, 0.2) is 5.60 Å². The Morgan fingerprint density at radius 1 is 1.26 bits per heavy atom. The highest BCUT2D eigenvalue weighted by atomic mass is 16.6. The highest BCUT2D eigenvalue weighted by Crippen LogP contribution is 2.75. The summed E-state index contributed by atoms with van der Waals surface area (Å²) in [6.45, 7) is 3.83. The molecule has 0 radical (unpaired) electrons. The minimum atomic E-state index is -0.635. The van der Waals surface area contributed by atoms with Crippen molar-refractivity contribution in [3.8, 4) is 5.75 Å². The molecule has 5 rings (SSSR count). The smallest absolute Gasteiger partial charge is 0.303 e. The van der Waals surface area contributed by atoms with Crippen molar-refractivity contribution in [2.24, 2.45) is 22.5 Å². The number of aryl methyl sites for hydroxylation is 1. The molecule has 2 fully saturated rings. The lowest BCUT2D eigenvalue weighted by atomic mass is 9.48. The Bertz CT molecular complexity index is 848. The zero-order valence-electron chi connectivity index (χ0n) is 16.5. The number of ether oxygens (including phenoxy) is 2. The third kappa shape index (κ3) is 1.90. The second-order valence-electron chi connectivity index (χ2n) is 9.26. The fraction of sp³-hybridized carbons (Fsp3) is 0.609. The number of esters is 1. The van der Waals surface area contributed by atoms with Gasteiger partial charge in [-0.1, -0.05) is 19.1 Å². The third-order valence-corrected chi connectivity index (χ3v) is 8.52. The zero-order chi connectivity index (χ0) is 19.0. The van der Waals surface area contributed by atoms with Crippen LogP contribution in [0.3, 0.4) is 0 Å². The van der Waals surface area contributed by atoms with Crippen molar-refractivity contribution in [2.45, 2.75) is 63.5 Å². The van der Waals surface area contributed by atoms with Crippen LogP contribution >= 0.6 is 0 Å². The van der Waals surface area contributed by atoms with E-state index in [9.17, 15) is 4.79 Å². The van der Waals surface area contributed by atoms with E-state index >= 15 is 0 Å². The molecule has 1 aromatic carbocycles. The molecule has 27 heavy (non-hydrogen) atoms. The lowest BCUT2D eigenvalue weighted by Gasteiger charge is -2.56. The molecule has 4 aliphatic rings. The zero-order valence-corrected chi connectivity index (χ0v) is 16.5. The molecule has 6 atom stereocenters. The van der Waals surface area contributed by atoms with E-state index in [-0.39, 0.29) is 22.8 Å². The second kappa shape index (κ2) is 5.38. The number of rotatable bonds is 2. The average Bonchev–Trinajstić information content (AvgIpc) is 3.00. The number of carbonyl (C=O) groups is 1. The van der Waals surface area contributed by atoms with Gasteiger partial charge < -0.3 is 15.2 Å². The van der Waals surface area contributed by atoms with Crippen LogP contribution < -0.4 is 10.5 Å². The van der Waals surface area contributed by atoms with Crippen molar-refractivity contribution in [3.05, 3.63) is 41.5 Å². The molecule has 144 valence electrons. The van der Waals surface area contributed by atoms with Crippen LogP contribution in [0.2, 0.25) is 0 Å². The maximum absolute atomic E-state index is 11.9. The van der Waals surface area contributed by atoms with Crippen LogP contribution in [0.15, 0.2) is 30.4 Å². The van der Waals surface area contributed by atoms with Crippen molar-refractivity contribution in [1.29, 1.82) is 0 Å². The number of allylic oxidation sites excluding steroid dienone is 1. The lowest BCUT2D eigenvalue weighted by molar-refractivity contribution is -0.170. The highest BCUT2D eigenvalue weighted by molar-refractivity contribution is 5.68. The first-order chi connectivity index (χ1) is 12.9. The van der Waals surface area contributed by atoms with Gasteiger partial charge in [-0.25, -0.2) is 0 Å². The molecular formula is C23H29NO3. The number of fused-ring (bicyclic) bond motifs is 3. The summed E-state index contributed by atoms with van der Waals surface area (Å²) in [5, 5.41) is 0. The minimum absolute atomic E-state index is 0.0302. The normalized spacial score (nSPS) is 43.6. The van der Waals surface area contributed by atoms with Crippen LogP contribution in [0.4, 0.5) is 0 Å². The molecule has 1 aromatic rings. The second-order valence-corrected chi connectivity index (χ2v) is 9.26. The van der Waals surface area contributed by atoms with E-state index in [0.29, 0.717) is 11.8 Å². The summed E-state index contributed by atoms with van der Waals surface area (Å²) in [7, 11) is 1.73. The van der Waals surface area contributed by atoms with Crippen molar-refractivity contribution < 1.29 is 14.3 Å². The summed E-state index contributed by atoms with van der Waals surface area (Å²) >= 11 is 0. The summed E-state index contributed by atoms with van der Waals surface area (Å²) in [6.07, 6.45) is 9.84. The number of hydrogen-bond acceptors (Lipinski definition) is 4. The summed E-state index contributed by atoms with van der Waals surface area (Å²) in [5.74, 6) is 1.83. The monoisotopic (exact) mass is 367 g/mol. The predicted octanol–water partition coefficient (Wildman–Crippen LogP) is 3.73. The third-order valence-electron chi connectivity index (χ3n) is 8.52. The van der Waals surface area contributed by atoms with E-state index in [0.717, 1.165) is 37.9 Å². The Labute approximate surface area is 161 Å². The topological polar surface area (TPSA) is 61.5 Å².